The van der Waals surface area contributed by atoms with Gasteiger partial charge in [-0.05, 0) is 50.0 Å². The Balaban J connectivity index is 2.17. The van der Waals surface area contributed by atoms with Gasteiger partial charge in [-0.2, -0.15) is 13.2 Å². The lowest BCUT2D eigenvalue weighted by molar-refractivity contribution is -0.137. The van der Waals surface area contributed by atoms with E-state index in [1.807, 2.05) is 58.2 Å². The van der Waals surface area contributed by atoms with Crippen molar-refractivity contribution in [2.45, 2.75) is 51.7 Å². The topological polar surface area (TPSA) is 91.8 Å². The zero-order valence-corrected chi connectivity index (χ0v) is 23.6. The van der Waals surface area contributed by atoms with Gasteiger partial charge in [0.2, 0.25) is 5.91 Å². The number of hydrogen-bond donors (Lipinski definition) is 3. The summed E-state index contributed by atoms with van der Waals surface area (Å²) in [6.45, 7) is 6.08. The quantitative estimate of drug-likeness (QED) is 0.286. The Morgan fingerprint density at radius 1 is 1.12 bits per heavy atom. The first-order valence-corrected chi connectivity index (χ1v) is 13.2. The molecule has 0 atom stereocenters. The number of benzene rings is 2. The molecule has 40 heavy (non-hydrogen) atoms. The molecule has 3 N–H and O–H groups in total. The highest BCUT2D eigenvalue weighted by Crippen LogP contribution is 2.33. The normalized spacial score (nSPS) is 11.7. The maximum Gasteiger partial charge on any atom is 0.416 e. The first-order chi connectivity index (χ1) is 18.9. The van der Waals surface area contributed by atoms with Crippen LogP contribution in [-0.2, 0) is 29.4 Å². The molecule has 0 spiro atoms. The molecule has 0 saturated heterocycles. The number of carbonyl (C=O) groups is 1. The molecular weight excluding hydrogens is 543 g/mol. The lowest BCUT2D eigenvalue weighted by atomic mass is 9.80. The molecule has 214 valence electrons. The number of halogens is 4. The number of alkyl halides is 3. The summed E-state index contributed by atoms with van der Waals surface area (Å²) in [7, 11) is 1.83. The van der Waals surface area contributed by atoms with E-state index in [0.717, 1.165) is 23.8 Å². The zero-order valence-electron chi connectivity index (χ0n) is 22.8. The molecule has 0 aliphatic heterocycles. The van der Waals surface area contributed by atoms with Gasteiger partial charge in [-0.25, -0.2) is 4.98 Å². The Kier molecular flexibility index (Phi) is 10.2. The van der Waals surface area contributed by atoms with Gasteiger partial charge in [-0.1, -0.05) is 62.7 Å². The van der Waals surface area contributed by atoms with Gasteiger partial charge in [0, 0.05) is 23.0 Å². The van der Waals surface area contributed by atoms with E-state index >= 15 is 0 Å². The number of nitrogens with zero attached hydrogens (tertiary/aromatic N) is 2. The molecule has 3 rings (SSSR count). The molecule has 0 bridgehead atoms. The van der Waals surface area contributed by atoms with Crippen LogP contribution in [0.25, 0.3) is 11.3 Å². The number of aryl methyl sites for hydroxylation is 1. The van der Waals surface area contributed by atoms with Crippen molar-refractivity contribution >= 4 is 23.2 Å². The van der Waals surface area contributed by atoms with Crippen LogP contribution in [0.3, 0.4) is 0 Å². The van der Waals surface area contributed by atoms with Crippen LogP contribution in [0.4, 0.5) is 18.9 Å². The summed E-state index contributed by atoms with van der Waals surface area (Å²) in [5.74, 6) is -0.639. The number of H-pyrrole nitrogens is 1. The molecule has 0 radical (unpaired) electrons. The van der Waals surface area contributed by atoms with E-state index < -0.39 is 35.2 Å². The number of aromatic nitrogens is 3. The maximum absolute atomic E-state index is 14.2. The fourth-order valence-corrected chi connectivity index (χ4v) is 4.54. The fraction of sp³-hybridized carbons (Fsp3) is 0.345. The third-order valence-electron chi connectivity index (χ3n) is 6.48. The van der Waals surface area contributed by atoms with Crippen molar-refractivity contribution in [3.05, 3.63) is 93.3 Å². The molecule has 0 fully saturated rings. The van der Waals surface area contributed by atoms with Crippen LogP contribution in [0, 0.1) is 0 Å². The van der Waals surface area contributed by atoms with E-state index in [1.165, 1.54) is 17.1 Å². The molecule has 11 heteroatoms. The van der Waals surface area contributed by atoms with E-state index in [0.29, 0.717) is 36.3 Å². The molecule has 3 aromatic rings. The van der Waals surface area contributed by atoms with Crippen LogP contribution in [0.5, 0.6) is 0 Å². The van der Waals surface area contributed by atoms with Crippen LogP contribution >= 0.6 is 11.6 Å². The summed E-state index contributed by atoms with van der Waals surface area (Å²) < 4.78 is 40.4. The number of amides is 1. The maximum atomic E-state index is 14.2. The van der Waals surface area contributed by atoms with Gasteiger partial charge in [0.25, 0.3) is 5.56 Å². The Morgan fingerprint density at radius 3 is 2.42 bits per heavy atom. The average molecular weight is 576 g/mol. The molecule has 0 aliphatic rings. The minimum Gasteiger partial charge on any atom is -0.349 e. The average Bonchev–Trinajstić information content (AvgIpc) is 2.97. The second-order valence-corrected chi connectivity index (χ2v) is 10.3. The number of aromatic amines is 1. The number of rotatable bonds is 9. The smallest absolute Gasteiger partial charge is 0.349 e. The number of anilines is 1. The lowest BCUT2D eigenvalue weighted by Crippen LogP contribution is -2.36. The Labute approximate surface area is 236 Å². The minimum absolute atomic E-state index is 0.00250. The highest BCUT2D eigenvalue weighted by molar-refractivity contribution is 6.33. The Hall–Kier alpha value is -3.63. The van der Waals surface area contributed by atoms with Crippen molar-refractivity contribution in [3.63, 3.8) is 0 Å². The first-order valence-electron chi connectivity index (χ1n) is 12.8. The van der Waals surface area contributed by atoms with Crippen LogP contribution in [0.1, 0.15) is 44.0 Å². The van der Waals surface area contributed by atoms with Crippen molar-refractivity contribution in [2.75, 3.05) is 18.9 Å². The highest BCUT2D eigenvalue weighted by Gasteiger charge is 2.31. The third kappa shape index (κ3) is 7.73. The molecular formula is C29H33ClF3N5O2. The van der Waals surface area contributed by atoms with E-state index in [4.69, 9.17) is 11.6 Å². The fourth-order valence-electron chi connectivity index (χ4n) is 4.32. The Morgan fingerprint density at radius 2 is 1.82 bits per heavy atom. The van der Waals surface area contributed by atoms with E-state index in [1.54, 1.807) is 0 Å². The van der Waals surface area contributed by atoms with Gasteiger partial charge in [0.1, 0.15) is 6.54 Å². The SMILES string of the molecule is CCc1[nH]cnc(-c2ccccc2)cn(CC(=O)Nc2ccc(C(F)(F)F)cc2Cl)c(=O)c1C(C)(C)CCNC. The summed E-state index contributed by atoms with van der Waals surface area (Å²) in [4.78, 5) is 35.1. The van der Waals surface area contributed by atoms with Crippen LogP contribution in [0.15, 0.2) is 65.8 Å². The summed E-state index contributed by atoms with van der Waals surface area (Å²) in [5.41, 5.74) is 0.435. The zero-order chi connectivity index (χ0) is 29.5. The second kappa shape index (κ2) is 13.1. The lowest BCUT2D eigenvalue weighted by Gasteiger charge is -2.26. The second-order valence-electron chi connectivity index (χ2n) is 9.90. The van der Waals surface area contributed by atoms with E-state index in [9.17, 15) is 22.8 Å². The van der Waals surface area contributed by atoms with Gasteiger partial charge >= 0.3 is 6.18 Å². The van der Waals surface area contributed by atoms with Crippen molar-refractivity contribution in [1.82, 2.24) is 19.9 Å². The summed E-state index contributed by atoms with van der Waals surface area (Å²) >= 11 is 6.04. The van der Waals surface area contributed by atoms with Crippen molar-refractivity contribution in [2.24, 2.45) is 0 Å². The first kappa shape index (κ1) is 30.9. The number of hydrogen-bond acceptors (Lipinski definition) is 4. The number of nitrogens with one attached hydrogen (secondary N) is 3. The predicted molar refractivity (Wildman–Crippen MR) is 152 cm³/mol. The number of carbonyl (C=O) groups excluding carboxylic acids is 1. The summed E-state index contributed by atoms with van der Waals surface area (Å²) in [6, 6.07) is 11.8. The van der Waals surface area contributed by atoms with Crippen molar-refractivity contribution in [3.8, 4) is 11.3 Å². The van der Waals surface area contributed by atoms with Gasteiger partial charge in [-0.3, -0.25) is 9.59 Å². The molecule has 2 aromatic carbocycles. The van der Waals surface area contributed by atoms with Gasteiger partial charge in [0.05, 0.1) is 28.3 Å². The van der Waals surface area contributed by atoms with Crippen molar-refractivity contribution in [1.29, 1.82) is 0 Å². The molecule has 0 unspecified atom stereocenters. The van der Waals surface area contributed by atoms with E-state index in [-0.39, 0.29) is 10.7 Å². The van der Waals surface area contributed by atoms with Gasteiger partial charge < -0.3 is 20.2 Å². The monoisotopic (exact) mass is 575 g/mol. The highest BCUT2D eigenvalue weighted by atomic mass is 35.5. The standard InChI is InChI=1S/C29H33ClF3N5O2/c1-5-22-26(28(2,3)13-14-34-4)27(40)38(16-24(36-18-35-22)19-9-7-6-8-10-19)17-25(39)37-23-12-11-20(15-21(23)30)29(31,32)33/h6-12,15-16,18,34H,5,13-14,17H2,1-4H3,(H,35,36)(H,37,39). The minimum atomic E-state index is -4.57. The molecule has 1 heterocycles. The molecule has 1 amide bonds. The molecule has 1 aromatic heterocycles. The van der Waals surface area contributed by atoms with E-state index in [2.05, 4.69) is 20.6 Å². The Bertz CT molecular complexity index is 1450. The summed E-state index contributed by atoms with van der Waals surface area (Å²) in [6.07, 6.45) is -0.378. The van der Waals surface area contributed by atoms with Crippen LogP contribution in [0.2, 0.25) is 5.02 Å². The van der Waals surface area contributed by atoms with Crippen LogP contribution in [-0.4, -0.2) is 34.0 Å². The molecule has 0 aliphatic carbocycles. The van der Waals surface area contributed by atoms with Gasteiger partial charge in [-0.15, -0.1) is 0 Å². The van der Waals surface area contributed by atoms with Crippen LogP contribution < -0.4 is 16.2 Å². The molecule has 7 nitrogen and oxygen atoms in total. The molecule has 0 saturated carbocycles. The third-order valence-corrected chi connectivity index (χ3v) is 6.79. The van der Waals surface area contributed by atoms with Crippen molar-refractivity contribution < 1.29 is 18.0 Å². The largest absolute Gasteiger partial charge is 0.416 e. The summed E-state index contributed by atoms with van der Waals surface area (Å²) in [5, 5.41) is 5.38. The predicted octanol–water partition coefficient (Wildman–Crippen LogP) is 6.12. The van der Waals surface area contributed by atoms with Gasteiger partial charge in [0.15, 0.2) is 0 Å².